The Labute approximate surface area is 144 Å². The van der Waals surface area contributed by atoms with Crippen LogP contribution in [0.15, 0.2) is 12.1 Å². The highest BCUT2D eigenvalue weighted by Gasteiger charge is 2.25. The summed E-state index contributed by atoms with van der Waals surface area (Å²) in [5.74, 6) is 0.620. The number of hydrogen-bond acceptors (Lipinski definition) is 4. The lowest BCUT2D eigenvalue weighted by Gasteiger charge is -2.39. The van der Waals surface area contributed by atoms with Crippen LogP contribution in [0, 0.1) is 13.8 Å². The largest absolute Gasteiger partial charge is 0.507 e. The van der Waals surface area contributed by atoms with Gasteiger partial charge in [0.15, 0.2) is 0 Å². The highest BCUT2D eigenvalue weighted by atomic mass is 16.3. The van der Waals surface area contributed by atoms with Gasteiger partial charge in [0.05, 0.1) is 0 Å². The number of aromatic hydroxyl groups is 1. The van der Waals surface area contributed by atoms with Crippen molar-refractivity contribution in [3.63, 3.8) is 0 Å². The molecule has 2 aliphatic rings. The number of phenolic OH excluding ortho intramolecular Hbond substituents is 1. The number of rotatable bonds is 3. The zero-order valence-corrected chi connectivity index (χ0v) is 14.8. The van der Waals surface area contributed by atoms with E-state index < -0.39 is 0 Å². The summed E-state index contributed by atoms with van der Waals surface area (Å²) in [7, 11) is 0. The Balaban J connectivity index is 1.53. The predicted molar refractivity (Wildman–Crippen MR) is 95.1 cm³/mol. The van der Waals surface area contributed by atoms with E-state index in [1.165, 1.54) is 5.56 Å². The van der Waals surface area contributed by atoms with Crippen molar-refractivity contribution >= 4 is 5.91 Å². The molecule has 5 nitrogen and oxygen atoms in total. The maximum Gasteiger partial charge on any atom is 0.220 e. The molecule has 132 valence electrons. The molecule has 1 aromatic carbocycles. The van der Waals surface area contributed by atoms with Gasteiger partial charge in [0.25, 0.3) is 0 Å². The number of nitrogens with zero attached hydrogens (tertiary/aromatic N) is 2. The molecule has 0 saturated carbocycles. The average Bonchev–Trinajstić information content (AvgIpc) is 2.78. The van der Waals surface area contributed by atoms with Crippen LogP contribution in [0.3, 0.4) is 0 Å². The maximum absolute atomic E-state index is 11.5. The smallest absolute Gasteiger partial charge is 0.220 e. The van der Waals surface area contributed by atoms with Gasteiger partial charge in [0.2, 0.25) is 5.91 Å². The third-order valence-corrected chi connectivity index (χ3v) is 5.38. The number of phenols is 1. The molecule has 0 bridgehead atoms. The number of hydrogen-bond donors (Lipinski definition) is 2. The molecule has 2 heterocycles. The fourth-order valence-electron chi connectivity index (χ4n) is 3.96. The monoisotopic (exact) mass is 331 g/mol. The summed E-state index contributed by atoms with van der Waals surface area (Å²) in [5.41, 5.74) is 3.19. The molecule has 0 aromatic heterocycles. The summed E-state index contributed by atoms with van der Waals surface area (Å²) in [6.07, 6.45) is 2.72. The van der Waals surface area contributed by atoms with Gasteiger partial charge in [-0.25, -0.2) is 0 Å². The van der Waals surface area contributed by atoms with Crippen molar-refractivity contribution in [2.24, 2.45) is 0 Å². The average molecular weight is 331 g/mol. The Bertz CT molecular complexity index is 571. The number of benzene rings is 1. The minimum absolute atomic E-state index is 0.203. The van der Waals surface area contributed by atoms with Crippen LogP contribution in [0.1, 0.15) is 36.0 Å². The molecule has 24 heavy (non-hydrogen) atoms. The maximum atomic E-state index is 11.5. The number of nitrogens with one attached hydrogen (secondary N) is 1. The standard InChI is InChI=1S/C19H29N3O2/c1-14-11-16(12-15(2)19(14)24)13-21-7-9-22(10-8-21)17-3-4-18(23)20-6-5-17/h11-12,17,24H,3-10,13H2,1-2H3,(H,20,23). The summed E-state index contributed by atoms with van der Waals surface area (Å²) >= 11 is 0. The highest BCUT2D eigenvalue weighted by Crippen LogP contribution is 2.24. The molecule has 2 fully saturated rings. The van der Waals surface area contributed by atoms with E-state index >= 15 is 0 Å². The van der Waals surface area contributed by atoms with Gasteiger partial charge in [-0.3, -0.25) is 14.6 Å². The lowest BCUT2D eigenvalue weighted by atomic mass is 10.0. The number of amides is 1. The fraction of sp³-hybridized carbons (Fsp3) is 0.632. The molecule has 1 unspecified atom stereocenters. The van der Waals surface area contributed by atoms with Crippen LogP contribution in [0.2, 0.25) is 0 Å². The Kier molecular flexibility index (Phi) is 5.41. The number of carbonyl (C=O) groups excluding carboxylic acids is 1. The summed E-state index contributed by atoms with van der Waals surface area (Å²) in [5, 5.41) is 12.9. The van der Waals surface area contributed by atoms with Crippen LogP contribution < -0.4 is 5.32 Å². The second kappa shape index (κ2) is 7.53. The van der Waals surface area contributed by atoms with E-state index in [0.29, 0.717) is 18.2 Å². The van der Waals surface area contributed by atoms with Crippen molar-refractivity contribution in [1.29, 1.82) is 0 Å². The second-order valence-corrected chi connectivity index (χ2v) is 7.22. The molecule has 2 saturated heterocycles. The molecule has 1 amide bonds. The van der Waals surface area contributed by atoms with Gasteiger partial charge >= 0.3 is 0 Å². The normalized spacial score (nSPS) is 23.8. The molecular formula is C19H29N3O2. The number of aryl methyl sites for hydroxylation is 2. The van der Waals surface area contributed by atoms with Crippen molar-refractivity contribution in [2.45, 2.75) is 45.7 Å². The Morgan fingerprint density at radius 2 is 1.79 bits per heavy atom. The second-order valence-electron chi connectivity index (χ2n) is 7.22. The van der Waals surface area contributed by atoms with E-state index in [9.17, 15) is 9.90 Å². The lowest BCUT2D eigenvalue weighted by Crippen LogP contribution is -2.50. The zero-order chi connectivity index (χ0) is 17.1. The van der Waals surface area contributed by atoms with Crippen molar-refractivity contribution in [2.75, 3.05) is 32.7 Å². The SMILES string of the molecule is Cc1cc(CN2CCN(C3CCNC(=O)CC3)CC2)cc(C)c1O. The van der Waals surface area contributed by atoms with Gasteiger partial charge in [-0.05, 0) is 43.4 Å². The summed E-state index contributed by atoms with van der Waals surface area (Å²) < 4.78 is 0. The Morgan fingerprint density at radius 3 is 2.46 bits per heavy atom. The van der Waals surface area contributed by atoms with Crippen LogP contribution in [0.5, 0.6) is 5.75 Å². The van der Waals surface area contributed by atoms with Crippen LogP contribution in [0.4, 0.5) is 0 Å². The van der Waals surface area contributed by atoms with Gasteiger partial charge in [-0.2, -0.15) is 0 Å². The van der Waals surface area contributed by atoms with Gasteiger partial charge in [-0.15, -0.1) is 0 Å². The van der Waals surface area contributed by atoms with E-state index in [-0.39, 0.29) is 5.91 Å². The molecule has 0 spiro atoms. The molecule has 2 N–H and O–H groups in total. The minimum atomic E-state index is 0.203. The van der Waals surface area contributed by atoms with E-state index in [0.717, 1.165) is 63.2 Å². The van der Waals surface area contributed by atoms with E-state index in [2.05, 4.69) is 27.2 Å². The molecular weight excluding hydrogens is 302 g/mol. The van der Waals surface area contributed by atoms with Gasteiger partial charge in [0.1, 0.15) is 5.75 Å². The van der Waals surface area contributed by atoms with Crippen LogP contribution in [0.25, 0.3) is 0 Å². The first kappa shape index (κ1) is 17.2. The summed E-state index contributed by atoms with van der Waals surface area (Å²) in [6.45, 7) is 9.98. The van der Waals surface area contributed by atoms with Crippen LogP contribution in [-0.4, -0.2) is 59.6 Å². The van der Waals surface area contributed by atoms with Crippen LogP contribution >= 0.6 is 0 Å². The van der Waals surface area contributed by atoms with Crippen molar-refractivity contribution in [1.82, 2.24) is 15.1 Å². The van der Waals surface area contributed by atoms with Gasteiger partial charge < -0.3 is 10.4 Å². The van der Waals surface area contributed by atoms with Crippen molar-refractivity contribution in [3.8, 4) is 5.75 Å². The summed E-state index contributed by atoms with van der Waals surface area (Å²) in [6, 6.07) is 4.73. The van der Waals surface area contributed by atoms with Crippen LogP contribution in [-0.2, 0) is 11.3 Å². The highest BCUT2D eigenvalue weighted by molar-refractivity contribution is 5.76. The minimum Gasteiger partial charge on any atom is -0.507 e. The predicted octanol–water partition coefficient (Wildman–Crippen LogP) is 1.80. The first-order chi connectivity index (χ1) is 11.5. The van der Waals surface area contributed by atoms with Gasteiger partial charge in [0, 0.05) is 51.7 Å². The molecule has 0 radical (unpaired) electrons. The van der Waals surface area contributed by atoms with E-state index in [1.54, 1.807) is 0 Å². The fourth-order valence-corrected chi connectivity index (χ4v) is 3.96. The zero-order valence-electron chi connectivity index (χ0n) is 14.8. The number of piperazine rings is 1. The molecule has 5 heteroatoms. The topological polar surface area (TPSA) is 55.8 Å². The summed E-state index contributed by atoms with van der Waals surface area (Å²) in [4.78, 5) is 16.5. The van der Waals surface area contributed by atoms with Gasteiger partial charge in [-0.1, -0.05) is 12.1 Å². The molecule has 0 aliphatic carbocycles. The lowest BCUT2D eigenvalue weighted by molar-refractivity contribution is -0.120. The van der Waals surface area contributed by atoms with Crippen molar-refractivity contribution in [3.05, 3.63) is 28.8 Å². The first-order valence-electron chi connectivity index (χ1n) is 9.05. The third kappa shape index (κ3) is 4.08. The molecule has 2 aliphatic heterocycles. The number of carbonyl (C=O) groups is 1. The Morgan fingerprint density at radius 1 is 1.12 bits per heavy atom. The van der Waals surface area contributed by atoms with Crippen molar-refractivity contribution < 1.29 is 9.90 Å². The molecule has 1 aromatic rings. The first-order valence-corrected chi connectivity index (χ1v) is 9.05. The van der Waals surface area contributed by atoms with E-state index in [1.807, 2.05) is 13.8 Å². The molecule has 3 rings (SSSR count). The quantitative estimate of drug-likeness (QED) is 0.887. The Hall–Kier alpha value is -1.59. The van der Waals surface area contributed by atoms with E-state index in [4.69, 9.17) is 0 Å². The third-order valence-electron chi connectivity index (χ3n) is 5.38. The molecule has 1 atom stereocenters.